The van der Waals surface area contributed by atoms with E-state index in [1.54, 1.807) is 44.2 Å². The van der Waals surface area contributed by atoms with Crippen LogP contribution in [0, 0.1) is 40.4 Å². The molecule has 3 fully saturated rings. The summed E-state index contributed by atoms with van der Waals surface area (Å²) < 4.78 is 0. The third-order valence-corrected chi connectivity index (χ3v) is 14.1. The number of guanidine groups is 1. The second-order valence-corrected chi connectivity index (χ2v) is 18.5. The summed E-state index contributed by atoms with van der Waals surface area (Å²) in [5.74, 6) is -3.02. The zero-order valence-electron chi connectivity index (χ0n) is 37.0. The molecule has 2 saturated heterocycles. The van der Waals surface area contributed by atoms with Crippen LogP contribution >= 0.6 is 0 Å². The summed E-state index contributed by atoms with van der Waals surface area (Å²) in [4.78, 5) is 27.3. The van der Waals surface area contributed by atoms with E-state index in [2.05, 4.69) is 5.32 Å². The van der Waals surface area contributed by atoms with Gasteiger partial charge in [-0.1, -0.05) is 68.9 Å². The predicted octanol–water partition coefficient (Wildman–Crippen LogP) is 3.61. The van der Waals surface area contributed by atoms with E-state index in [9.17, 15) is 50.4 Å². The van der Waals surface area contributed by atoms with Gasteiger partial charge in [0.05, 0.1) is 49.3 Å². The van der Waals surface area contributed by atoms with E-state index in [-0.39, 0.29) is 66.4 Å². The Morgan fingerprint density at radius 2 is 1.69 bits per heavy atom. The molecule has 0 spiro atoms. The van der Waals surface area contributed by atoms with Crippen LogP contribution in [0.1, 0.15) is 106 Å². The van der Waals surface area contributed by atoms with E-state index in [1.165, 1.54) is 0 Å². The number of amides is 1. The van der Waals surface area contributed by atoms with Crippen LogP contribution in [0.15, 0.2) is 70.6 Å². The summed E-state index contributed by atoms with van der Waals surface area (Å²) in [7, 11) is 0. The van der Waals surface area contributed by atoms with Crippen LogP contribution in [-0.4, -0.2) is 125 Å². The van der Waals surface area contributed by atoms with Gasteiger partial charge in [0.2, 0.25) is 0 Å². The molecule has 0 bridgehead atoms. The maximum absolute atomic E-state index is 12.8. The number of aliphatic hydroxyl groups is 8. The fraction of sp³-hybridized carbons (Fsp3) is 0.681. The molecule has 2 aliphatic carbocycles. The Hall–Kier alpha value is -3.63. The number of likely N-dealkylation sites (tertiary alicyclic amines) is 1. The van der Waals surface area contributed by atoms with Crippen molar-refractivity contribution in [1.82, 2.24) is 10.2 Å². The Bertz CT molecular complexity index is 1720. The molecule has 0 aromatic heterocycles. The minimum atomic E-state index is -1.08. The lowest BCUT2D eigenvalue weighted by Crippen LogP contribution is -2.53. The van der Waals surface area contributed by atoms with Crippen molar-refractivity contribution in [2.45, 2.75) is 155 Å². The second kappa shape index (κ2) is 22.1. The smallest absolute Gasteiger partial charge is 0.258 e. The SMILES string of the molecule is CC1=C[C@@H]2[C@H](O)[C@@H](O)CC[C@H]2[C@](C)(C(O)=C2C(=O)CNC2=O)[C@H]1CC[C@H](C)[C@@H](O)/C(C)=C/C[C@H](O)/C=C/[C@@H](C)[C@H](O)/C=C\C[C@H](O)/C(C)=C\C[C@@H](O)C[C@H]1CCCN1C(=N)N. The Morgan fingerprint density at radius 3 is 2.34 bits per heavy atom. The van der Waals surface area contributed by atoms with Crippen LogP contribution in [0.2, 0.25) is 0 Å². The number of carbonyl (C=O) groups is 2. The fourth-order valence-electron chi connectivity index (χ4n) is 10.0. The van der Waals surface area contributed by atoms with Gasteiger partial charge in [-0.25, -0.2) is 0 Å². The zero-order valence-corrected chi connectivity index (χ0v) is 37.0. The van der Waals surface area contributed by atoms with E-state index in [0.29, 0.717) is 44.1 Å². The van der Waals surface area contributed by atoms with Crippen LogP contribution in [0.25, 0.3) is 0 Å². The minimum absolute atomic E-state index is 0.0283. The largest absolute Gasteiger partial charge is 0.511 e. The number of rotatable bonds is 19. The predicted molar refractivity (Wildman–Crippen MR) is 235 cm³/mol. The van der Waals surface area contributed by atoms with Crippen molar-refractivity contribution < 1.29 is 50.4 Å². The lowest BCUT2D eigenvalue weighted by molar-refractivity contribution is -0.118. The number of allylic oxidation sites excluding steroid dienone is 2. The molecule has 0 unspecified atom stereocenters. The van der Waals surface area contributed by atoms with E-state index in [0.717, 1.165) is 30.5 Å². The van der Waals surface area contributed by atoms with Gasteiger partial charge in [-0.15, -0.1) is 0 Å². The lowest BCUT2D eigenvalue weighted by atomic mass is 9.51. The van der Waals surface area contributed by atoms with Gasteiger partial charge in [-0.05, 0) is 114 Å². The molecule has 4 rings (SSSR count). The maximum Gasteiger partial charge on any atom is 0.258 e. The molecule has 12 N–H and O–H groups in total. The second-order valence-electron chi connectivity index (χ2n) is 18.5. The number of nitrogens with two attached hydrogens (primary N) is 1. The first-order valence-corrected chi connectivity index (χ1v) is 22.2. The van der Waals surface area contributed by atoms with Crippen molar-refractivity contribution in [3.8, 4) is 0 Å². The highest BCUT2D eigenvalue weighted by atomic mass is 16.3. The molecule has 0 aromatic rings. The Kier molecular flexibility index (Phi) is 18.1. The van der Waals surface area contributed by atoms with Crippen molar-refractivity contribution in [1.29, 1.82) is 5.41 Å². The molecule has 0 aromatic carbocycles. The van der Waals surface area contributed by atoms with E-state index in [4.69, 9.17) is 11.1 Å². The van der Waals surface area contributed by atoms with Crippen LogP contribution < -0.4 is 11.1 Å². The number of carbonyl (C=O) groups excluding carboxylic acids is 2. The molecular weight excluding hydrogens is 781 g/mol. The highest BCUT2D eigenvalue weighted by molar-refractivity contribution is 6.25. The summed E-state index contributed by atoms with van der Waals surface area (Å²) >= 11 is 0. The molecule has 14 nitrogen and oxygen atoms in total. The molecule has 2 heterocycles. The van der Waals surface area contributed by atoms with E-state index >= 15 is 0 Å². The van der Waals surface area contributed by atoms with Gasteiger partial charge in [-0.3, -0.25) is 15.0 Å². The molecular formula is C47H74N4O10. The Morgan fingerprint density at radius 1 is 1.00 bits per heavy atom. The third-order valence-electron chi connectivity index (χ3n) is 14.1. The van der Waals surface area contributed by atoms with E-state index < -0.39 is 65.8 Å². The van der Waals surface area contributed by atoms with Crippen LogP contribution in [0.4, 0.5) is 0 Å². The number of fused-ring (bicyclic) bond motifs is 1. The highest BCUT2D eigenvalue weighted by Crippen LogP contribution is 2.58. The molecule has 0 radical (unpaired) electrons. The topological polar surface area (TPSA) is 261 Å². The Balaban J connectivity index is 1.28. The molecule has 4 aliphatic rings. The fourth-order valence-corrected chi connectivity index (χ4v) is 10.0. The summed E-state index contributed by atoms with van der Waals surface area (Å²) in [6, 6.07) is 0.0491. The molecule has 14 atom stereocenters. The van der Waals surface area contributed by atoms with Crippen molar-refractivity contribution in [3.05, 3.63) is 70.6 Å². The van der Waals surface area contributed by atoms with Crippen molar-refractivity contribution in [2.24, 2.45) is 40.7 Å². The first-order valence-electron chi connectivity index (χ1n) is 22.2. The van der Waals surface area contributed by atoms with Crippen LogP contribution in [0.3, 0.4) is 0 Å². The first-order chi connectivity index (χ1) is 28.7. The van der Waals surface area contributed by atoms with Gasteiger partial charge in [0, 0.05) is 29.8 Å². The summed E-state index contributed by atoms with van der Waals surface area (Å²) in [6.07, 6.45) is 11.4. The van der Waals surface area contributed by atoms with Gasteiger partial charge in [0.15, 0.2) is 11.7 Å². The van der Waals surface area contributed by atoms with Gasteiger partial charge >= 0.3 is 0 Å². The molecule has 342 valence electrons. The van der Waals surface area contributed by atoms with Crippen LogP contribution in [0.5, 0.6) is 0 Å². The lowest BCUT2D eigenvalue weighted by Gasteiger charge is -2.54. The zero-order chi connectivity index (χ0) is 45.3. The molecule has 14 heteroatoms. The number of ketones is 1. The quantitative estimate of drug-likeness (QED) is 0.0223. The van der Waals surface area contributed by atoms with Crippen molar-refractivity contribution >= 4 is 17.6 Å². The molecule has 1 amide bonds. The van der Waals surface area contributed by atoms with Gasteiger partial charge < -0.3 is 56.8 Å². The maximum atomic E-state index is 12.8. The molecule has 1 saturated carbocycles. The van der Waals surface area contributed by atoms with Gasteiger partial charge in [0.25, 0.3) is 5.91 Å². The summed E-state index contributed by atoms with van der Waals surface area (Å²) in [6.45, 7) is 11.6. The van der Waals surface area contributed by atoms with Crippen LogP contribution in [-0.2, 0) is 9.59 Å². The van der Waals surface area contributed by atoms with Crippen molar-refractivity contribution in [2.75, 3.05) is 13.1 Å². The summed E-state index contributed by atoms with van der Waals surface area (Å²) in [5.41, 5.74) is 6.61. The van der Waals surface area contributed by atoms with Gasteiger partial charge in [0.1, 0.15) is 11.3 Å². The number of hydrogen-bond donors (Lipinski definition) is 11. The third kappa shape index (κ3) is 12.3. The summed E-state index contributed by atoms with van der Waals surface area (Å²) in [5, 5.41) is 97.4. The number of nitrogens with zero attached hydrogens (tertiary/aromatic N) is 1. The number of nitrogens with one attached hydrogen (secondary N) is 2. The van der Waals surface area contributed by atoms with Gasteiger partial charge in [-0.2, -0.15) is 0 Å². The van der Waals surface area contributed by atoms with Crippen molar-refractivity contribution in [3.63, 3.8) is 0 Å². The Labute approximate surface area is 361 Å². The monoisotopic (exact) mass is 855 g/mol. The number of hydrogen-bond acceptors (Lipinski definition) is 11. The number of aliphatic hydroxyl groups excluding tert-OH is 8. The normalized spacial score (nSPS) is 32.0. The standard InChI is InChI=1S/C47H74N4O10/c1-26(37(54)10-7-11-38(55)27(2)13-18-33(53)24-31-9-8-22-51(31)46(48)49)12-16-32(52)17-14-28(3)42(58)29(4)15-19-35-30(5)23-34-36(20-21-39(56)43(34)59)47(35,6)44(60)41-40(57)25-50-45(41)61/h7,10,12-14,16,23,26,29,31-39,42-43,52-56,58-60H,8-9,11,15,17-22,24-25H2,1-6H3,(H3,48,49)(H,50,61)/b10-7-,16-12+,27-13-,28-14+,44-41?/t26-,29+,31-,32-,33-,34+,35+,36-,37-,38+,39+,42+,43+,47-/m1/s1. The molecule has 2 aliphatic heterocycles. The molecule has 61 heavy (non-hydrogen) atoms. The number of Topliss-reactive ketones (excluding diaryl/α,β-unsaturated/α-hetero) is 1. The van der Waals surface area contributed by atoms with E-state index in [1.807, 2.05) is 44.7 Å². The minimum Gasteiger partial charge on any atom is -0.511 e. The first kappa shape index (κ1) is 50.0. The average Bonchev–Trinajstić information content (AvgIpc) is 3.83. The highest BCUT2D eigenvalue weighted by Gasteiger charge is 2.56. The average molecular weight is 855 g/mol.